The number of nitrogens with zero attached hydrogens (tertiary/aromatic N) is 3. The van der Waals surface area contributed by atoms with Crippen LogP contribution in [0.5, 0.6) is 0 Å². The fraction of sp³-hybridized carbons (Fsp3) is 0.130. The molecule has 238 valence electrons. The zero-order chi connectivity index (χ0) is 32.9. The van der Waals surface area contributed by atoms with Gasteiger partial charge in [-0.05, 0) is 113 Å². The molecule has 0 saturated heterocycles. The number of para-hydroxylation sites is 2. The fourth-order valence-electron chi connectivity index (χ4n) is 7.61. The van der Waals surface area contributed by atoms with E-state index in [9.17, 15) is 0 Å². The molecule has 1 aliphatic carbocycles. The number of hydrogen-bond donors (Lipinski definition) is 0. The molecule has 3 nitrogen and oxygen atoms in total. The van der Waals surface area contributed by atoms with Gasteiger partial charge in [-0.1, -0.05) is 104 Å². The maximum absolute atomic E-state index is 4.40. The summed E-state index contributed by atoms with van der Waals surface area (Å²) in [5, 5.41) is 0. The highest BCUT2D eigenvalue weighted by Crippen LogP contribution is 2.46. The summed E-state index contributed by atoms with van der Waals surface area (Å²) >= 11 is 0. The Morgan fingerprint density at radius 1 is 0.388 bits per heavy atom. The second-order valence-corrected chi connectivity index (χ2v) is 13.1. The molecular formula is C46H39N3. The number of benzene rings is 5. The molecule has 1 saturated carbocycles. The van der Waals surface area contributed by atoms with E-state index in [4.69, 9.17) is 0 Å². The molecule has 49 heavy (non-hydrogen) atoms. The van der Waals surface area contributed by atoms with Crippen LogP contribution >= 0.6 is 0 Å². The average molecular weight is 634 g/mol. The van der Waals surface area contributed by atoms with Crippen molar-refractivity contribution in [2.75, 3.05) is 4.90 Å². The molecule has 2 heterocycles. The van der Waals surface area contributed by atoms with Gasteiger partial charge in [0.05, 0.1) is 0 Å². The monoisotopic (exact) mass is 633 g/mol. The number of aromatic nitrogens is 2. The maximum Gasteiger partial charge on any atom is 0.0461 e. The Bertz CT molecular complexity index is 2010. The van der Waals surface area contributed by atoms with E-state index in [1.54, 1.807) is 0 Å². The van der Waals surface area contributed by atoms with Gasteiger partial charge in [0.2, 0.25) is 0 Å². The van der Waals surface area contributed by atoms with Crippen LogP contribution in [0.15, 0.2) is 176 Å². The molecule has 7 aromatic rings. The summed E-state index contributed by atoms with van der Waals surface area (Å²) in [6.07, 6.45) is 13.6. The van der Waals surface area contributed by atoms with Gasteiger partial charge in [0.1, 0.15) is 0 Å². The van der Waals surface area contributed by atoms with Crippen molar-refractivity contribution in [2.24, 2.45) is 0 Å². The fourth-order valence-corrected chi connectivity index (χ4v) is 7.61. The molecule has 0 N–H and O–H groups in total. The lowest BCUT2D eigenvalue weighted by atomic mass is 9.65. The smallest absolute Gasteiger partial charge is 0.0461 e. The molecule has 1 fully saturated rings. The summed E-state index contributed by atoms with van der Waals surface area (Å²) in [6.45, 7) is 0. The van der Waals surface area contributed by atoms with Gasteiger partial charge in [-0.15, -0.1) is 0 Å². The zero-order valence-corrected chi connectivity index (χ0v) is 27.6. The predicted octanol–water partition coefficient (Wildman–Crippen LogP) is 12.2. The highest BCUT2D eigenvalue weighted by molar-refractivity contribution is 5.81. The van der Waals surface area contributed by atoms with Crippen LogP contribution in [0, 0.1) is 0 Å². The standard InChI is InChI=1S/C46H39N3/c1-4-14-43(15-5-1)49(44-16-6-2-7-17-44)45-24-22-42(23-25-45)46(26-8-3-9-27-46)41-20-18-35(19-21-41)38-30-39(36-12-10-28-47-33-36)32-40(31-38)37-13-11-29-48-34-37/h1-2,4-7,10-25,28-34H,3,8-9,26-27H2. The molecule has 0 bridgehead atoms. The van der Waals surface area contributed by atoms with Crippen molar-refractivity contribution in [3.8, 4) is 33.4 Å². The SMILES string of the molecule is c1ccc(N(c2ccccc2)c2ccc(C3(c4ccc(-c5cc(-c6cccnc6)cc(-c6cccnc6)c5)cc4)CCCCC3)cc2)cc1. The van der Waals surface area contributed by atoms with Crippen LogP contribution in [0.1, 0.15) is 43.2 Å². The second kappa shape index (κ2) is 13.7. The lowest BCUT2D eigenvalue weighted by molar-refractivity contribution is 0.346. The summed E-state index contributed by atoms with van der Waals surface area (Å²) in [5.41, 5.74) is 13.2. The molecule has 3 heteroatoms. The van der Waals surface area contributed by atoms with E-state index < -0.39 is 0 Å². The largest absolute Gasteiger partial charge is 0.311 e. The lowest BCUT2D eigenvalue weighted by Gasteiger charge is -2.39. The van der Waals surface area contributed by atoms with Gasteiger partial charge < -0.3 is 4.90 Å². The third-order valence-electron chi connectivity index (χ3n) is 10.1. The first-order chi connectivity index (χ1) is 24.3. The zero-order valence-electron chi connectivity index (χ0n) is 27.6. The van der Waals surface area contributed by atoms with Crippen LogP contribution < -0.4 is 4.90 Å². The minimum absolute atomic E-state index is 0.00193. The molecule has 1 aliphatic rings. The van der Waals surface area contributed by atoms with Gasteiger partial charge in [0.25, 0.3) is 0 Å². The number of rotatable bonds is 8. The van der Waals surface area contributed by atoms with Crippen molar-refractivity contribution >= 4 is 17.1 Å². The van der Waals surface area contributed by atoms with Gasteiger partial charge in [-0.25, -0.2) is 0 Å². The van der Waals surface area contributed by atoms with Gasteiger partial charge in [0.15, 0.2) is 0 Å². The molecule has 0 amide bonds. The van der Waals surface area contributed by atoms with Crippen molar-refractivity contribution in [3.63, 3.8) is 0 Å². The molecule has 0 unspecified atom stereocenters. The van der Waals surface area contributed by atoms with Crippen molar-refractivity contribution in [3.05, 3.63) is 188 Å². The first-order valence-corrected chi connectivity index (χ1v) is 17.3. The van der Waals surface area contributed by atoms with Gasteiger partial charge in [0, 0.05) is 58.4 Å². The summed E-state index contributed by atoms with van der Waals surface area (Å²) in [6, 6.07) is 55.1. The predicted molar refractivity (Wildman–Crippen MR) is 203 cm³/mol. The van der Waals surface area contributed by atoms with E-state index >= 15 is 0 Å². The van der Waals surface area contributed by atoms with Gasteiger partial charge >= 0.3 is 0 Å². The third-order valence-corrected chi connectivity index (χ3v) is 10.1. The lowest BCUT2D eigenvalue weighted by Crippen LogP contribution is -2.30. The quantitative estimate of drug-likeness (QED) is 0.167. The van der Waals surface area contributed by atoms with Crippen molar-refractivity contribution in [2.45, 2.75) is 37.5 Å². The van der Waals surface area contributed by atoms with E-state index in [2.05, 4.69) is 154 Å². The minimum atomic E-state index is -0.00193. The van der Waals surface area contributed by atoms with Crippen LogP contribution in [0.4, 0.5) is 17.1 Å². The van der Waals surface area contributed by atoms with Crippen LogP contribution in [-0.2, 0) is 5.41 Å². The van der Waals surface area contributed by atoms with Gasteiger partial charge in [-0.2, -0.15) is 0 Å². The second-order valence-electron chi connectivity index (χ2n) is 13.1. The van der Waals surface area contributed by atoms with Crippen LogP contribution in [0.3, 0.4) is 0 Å². The molecule has 0 aliphatic heterocycles. The van der Waals surface area contributed by atoms with Gasteiger partial charge in [-0.3, -0.25) is 9.97 Å². The topological polar surface area (TPSA) is 29.0 Å². The average Bonchev–Trinajstić information content (AvgIpc) is 3.20. The highest BCUT2D eigenvalue weighted by Gasteiger charge is 2.35. The van der Waals surface area contributed by atoms with Crippen molar-refractivity contribution < 1.29 is 0 Å². The normalized spacial score (nSPS) is 13.9. The van der Waals surface area contributed by atoms with Crippen LogP contribution in [0.25, 0.3) is 33.4 Å². The minimum Gasteiger partial charge on any atom is -0.311 e. The Labute approximate surface area is 289 Å². The van der Waals surface area contributed by atoms with E-state index in [1.807, 2.05) is 36.9 Å². The molecule has 2 aromatic heterocycles. The maximum atomic E-state index is 4.40. The summed E-state index contributed by atoms with van der Waals surface area (Å²) < 4.78 is 0. The Balaban J connectivity index is 1.15. The molecule has 0 radical (unpaired) electrons. The van der Waals surface area contributed by atoms with Crippen LogP contribution in [0.2, 0.25) is 0 Å². The number of anilines is 3. The Morgan fingerprint density at radius 3 is 1.31 bits per heavy atom. The summed E-state index contributed by atoms with van der Waals surface area (Å²) in [4.78, 5) is 11.1. The van der Waals surface area contributed by atoms with E-state index in [0.717, 1.165) is 46.5 Å². The number of pyridine rings is 2. The molecule has 0 atom stereocenters. The summed E-state index contributed by atoms with van der Waals surface area (Å²) in [5.74, 6) is 0. The van der Waals surface area contributed by atoms with Crippen LogP contribution in [-0.4, -0.2) is 9.97 Å². The van der Waals surface area contributed by atoms with Crippen molar-refractivity contribution in [1.82, 2.24) is 9.97 Å². The summed E-state index contributed by atoms with van der Waals surface area (Å²) in [7, 11) is 0. The van der Waals surface area contributed by atoms with E-state index in [0.29, 0.717) is 0 Å². The highest BCUT2D eigenvalue weighted by atomic mass is 15.1. The molecule has 5 aromatic carbocycles. The van der Waals surface area contributed by atoms with E-state index in [1.165, 1.54) is 47.2 Å². The first kappa shape index (κ1) is 30.5. The Kier molecular flexibility index (Phi) is 8.56. The number of hydrogen-bond acceptors (Lipinski definition) is 3. The van der Waals surface area contributed by atoms with E-state index in [-0.39, 0.29) is 5.41 Å². The third kappa shape index (κ3) is 6.28. The Hall–Kier alpha value is -5.80. The molecule has 8 rings (SSSR count). The first-order valence-electron chi connectivity index (χ1n) is 17.3. The molecule has 0 spiro atoms. The Morgan fingerprint density at radius 2 is 0.837 bits per heavy atom. The molecular weight excluding hydrogens is 595 g/mol. The van der Waals surface area contributed by atoms with Crippen molar-refractivity contribution in [1.29, 1.82) is 0 Å².